The Morgan fingerprint density at radius 1 is 1.53 bits per heavy atom. The summed E-state index contributed by atoms with van der Waals surface area (Å²) in [7, 11) is 1.40. The number of hydrogen-bond donors (Lipinski definition) is 2. The fourth-order valence-corrected chi connectivity index (χ4v) is 1.42. The second-order valence-electron chi connectivity index (χ2n) is 3.91. The number of nitrogens with zero attached hydrogens (tertiary/aromatic N) is 1. The zero-order valence-electron chi connectivity index (χ0n) is 10.1. The lowest BCUT2D eigenvalue weighted by atomic mass is 10.1. The molecule has 0 fully saturated rings. The standard InChI is InChI=1S/C11H16N2O4/c1-7(2)12-6-8-9(13(15)16)4-5-10(17-3)11(8)14/h4-5,7,12,14H,6H2,1-3H3. The summed E-state index contributed by atoms with van der Waals surface area (Å²) >= 11 is 0. The van der Waals surface area contributed by atoms with Crippen LogP contribution < -0.4 is 10.1 Å². The van der Waals surface area contributed by atoms with E-state index in [-0.39, 0.29) is 35.3 Å². The Kier molecular flexibility index (Phi) is 4.28. The van der Waals surface area contributed by atoms with Crippen molar-refractivity contribution in [1.82, 2.24) is 5.32 Å². The first-order chi connectivity index (χ1) is 7.97. The van der Waals surface area contributed by atoms with E-state index < -0.39 is 4.92 Å². The lowest BCUT2D eigenvalue weighted by Gasteiger charge is -2.12. The molecule has 17 heavy (non-hydrogen) atoms. The SMILES string of the molecule is COc1ccc([N+](=O)[O-])c(CNC(C)C)c1O. The Bertz CT molecular complexity index is 418. The third-order valence-corrected chi connectivity index (χ3v) is 2.32. The highest BCUT2D eigenvalue weighted by atomic mass is 16.6. The highest BCUT2D eigenvalue weighted by Crippen LogP contribution is 2.35. The second-order valence-corrected chi connectivity index (χ2v) is 3.91. The molecule has 0 saturated heterocycles. The first-order valence-electron chi connectivity index (χ1n) is 5.24. The number of ether oxygens (including phenoxy) is 1. The first kappa shape index (κ1) is 13.2. The van der Waals surface area contributed by atoms with Crippen molar-refractivity contribution < 1.29 is 14.8 Å². The van der Waals surface area contributed by atoms with Crippen LogP contribution in [0, 0.1) is 10.1 Å². The number of rotatable bonds is 5. The Balaban J connectivity index is 3.15. The summed E-state index contributed by atoms with van der Waals surface area (Å²) < 4.78 is 4.93. The highest BCUT2D eigenvalue weighted by molar-refractivity contribution is 5.56. The summed E-state index contributed by atoms with van der Waals surface area (Å²) in [6.45, 7) is 4.06. The van der Waals surface area contributed by atoms with Crippen molar-refractivity contribution in [1.29, 1.82) is 0 Å². The normalized spacial score (nSPS) is 10.6. The van der Waals surface area contributed by atoms with Crippen molar-refractivity contribution in [2.75, 3.05) is 7.11 Å². The Labute approximate surface area is 99.4 Å². The van der Waals surface area contributed by atoms with Gasteiger partial charge in [0.05, 0.1) is 17.6 Å². The number of benzene rings is 1. The van der Waals surface area contributed by atoms with Crippen LogP contribution in [0.2, 0.25) is 0 Å². The monoisotopic (exact) mass is 240 g/mol. The molecule has 6 nitrogen and oxygen atoms in total. The van der Waals surface area contributed by atoms with Crippen LogP contribution in [0.4, 0.5) is 5.69 Å². The molecular weight excluding hydrogens is 224 g/mol. The molecule has 1 aromatic rings. The molecule has 94 valence electrons. The van der Waals surface area contributed by atoms with E-state index in [1.54, 1.807) is 0 Å². The molecule has 0 amide bonds. The van der Waals surface area contributed by atoms with Crippen molar-refractivity contribution in [2.24, 2.45) is 0 Å². The molecule has 0 unspecified atom stereocenters. The first-order valence-corrected chi connectivity index (χ1v) is 5.24. The van der Waals surface area contributed by atoms with Crippen molar-refractivity contribution in [3.05, 3.63) is 27.8 Å². The van der Waals surface area contributed by atoms with Crippen LogP contribution in [0.25, 0.3) is 0 Å². The number of nitro groups is 1. The van der Waals surface area contributed by atoms with E-state index in [4.69, 9.17) is 4.74 Å². The fraction of sp³-hybridized carbons (Fsp3) is 0.455. The molecule has 0 atom stereocenters. The van der Waals surface area contributed by atoms with Gasteiger partial charge in [0.15, 0.2) is 11.5 Å². The van der Waals surface area contributed by atoms with Gasteiger partial charge >= 0.3 is 0 Å². The molecule has 0 spiro atoms. The summed E-state index contributed by atoms with van der Waals surface area (Å²) in [5.74, 6) is 0.0472. The molecule has 0 radical (unpaired) electrons. The van der Waals surface area contributed by atoms with Crippen LogP contribution in [-0.4, -0.2) is 23.2 Å². The third-order valence-electron chi connectivity index (χ3n) is 2.32. The highest BCUT2D eigenvalue weighted by Gasteiger charge is 2.20. The maximum Gasteiger partial charge on any atom is 0.277 e. The van der Waals surface area contributed by atoms with Crippen molar-refractivity contribution in [3.63, 3.8) is 0 Å². The second kappa shape index (κ2) is 5.49. The van der Waals surface area contributed by atoms with Gasteiger partial charge in [-0.05, 0) is 6.07 Å². The van der Waals surface area contributed by atoms with Gasteiger partial charge in [0.25, 0.3) is 5.69 Å². The van der Waals surface area contributed by atoms with Crippen molar-refractivity contribution in [3.8, 4) is 11.5 Å². The van der Waals surface area contributed by atoms with Gasteiger partial charge < -0.3 is 15.2 Å². The van der Waals surface area contributed by atoms with Crippen LogP contribution in [0.5, 0.6) is 11.5 Å². The Hall–Kier alpha value is -1.82. The van der Waals surface area contributed by atoms with Crippen molar-refractivity contribution >= 4 is 5.69 Å². The Morgan fingerprint density at radius 3 is 2.65 bits per heavy atom. The molecule has 0 aliphatic rings. The van der Waals surface area contributed by atoms with E-state index in [1.807, 2.05) is 13.8 Å². The number of nitro benzene ring substituents is 1. The van der Waals surface area contributed by atoms with E-state index in [2.05, 4.69) is 5.32 Å². The topological polar surface area (TPSA) is 84.6 Å². The van der Waals surface area contributed by atoms with Gasteiger partial charge in [-0.15, -0.1) is 0 Å². The quantitative estimate of drug-likeness (QED) is 0.605. The van der Waals surface area contributed by atoms with Gasteiger partial charge in [-0.2, -0.15) is 0 Å². The molecule has 0 heterocycles. The molecule has 0 bridgehead atoms. The maximum absolute atomic E-state index is 10.8. The molecule has 0 aromatic heterocycles. The number of methoxy groups -OCH3 is 1. The number of aromatic hydroxyl groups is 1. The van der Waals surface area contributed by atoms with Gasteiger partial charge in [-0.1, -0.05) is 13.8 Å². The predicted molar refractivity (Wildman–Crippen MR) is 63.3 cm³/mol. The zero-order valence-corrected chi connectivity index (χ0v) is 10.1. The predicted octanol–water partition coefficient (Wildman–Crippen LogP) is 1.81. The average molecular weight is 240 g/mol. The molecule has 1 aromatic carbocycles. The number of phenols is 1. The van der Waals surface area contributed by atoms with Gasteiger partial charge in [-0.3, -0.25) is 10.1 Å². The fourth-order valence-electron chi connectivity index (χ4n) is 1.42. The van der Waals surface area contributed by atoms with Crippen LogP contribution in [-0.2, 0) is 6.54 Å². The molecule has 6 heteroatoms. The number of phenolic OH excluding ortho intramolecular Hbond substituents is 1. The van der Waals surface area contributed by atoms with E-state index >= 15 is 0 Å². The van der Waals surface area contributed by atoms with Crippen LogP contribution >= 0.6 is 0 Å². The van der Waals surface area contributed by atoms with Crippen LogP contribution in [0.3, 0.4) is 0 Å². The number of nitrogens with one attached hydrogen (secondary N) is 1. The molecule has 0 aliphatic heterocycles. The minimum absolute atomic E-state index is 0.114. The van der Waals surface area contributed by atoms with Crippen LogP contribution in [0.15, 0.2) is 12.1 Å². The van der Waals surface area contributed by atoms with Gasteiger partial charge in [0, 0.05) is 18.7 Å². The molecule has 0 saturated carbocycles. The van der Waals surface area contributed by atoms with E-state index in [0.717, 1.165) is 0 Å². The summed E-state index contributed by atoms with van der Waals surface area (Å²) in [5.41, 5.74) is 0.125. The lowest BCUT2D eigenvalue weighted by molar-refractivity contribution is -0.385. The summed E-state index contributed by atoms with van der Waals surface area (Å²) in [5, 5.41) is 23.7. The minimum atomic E-state index is -0.517. The third kappa shape index (κ3) is 3.07. The van der Waals surface area contributed by atoms with Gasteiger partial charge in [-0.25, -0.2) is 0 Å². The summed E-state index contributed by atoms with van der Waals surface area (Å²) in [4.78, 5) is 10.3. The van der Waals surface area contributed by atoms with E-state index in [0.29, 0.717) is 0 Å². The van der Waals surface area contributed by atoms with Crippen LogP contribution in [0.1, 0.15) is 19.4 Å². The largest absolute Gasteiger partial charge is 0.504 e. The molecule has 0 aliphatic carbocycles. The maximum atomic E-state index is 10.8. The lowest BCUT2D eigenvalue weighted by Crippen LogP contribution is -2.22. The molecule has 1 rings (SSSR count). The van der Waals surface area contributed by atoms with Gasteiger partial charge in [0.2, 0.25) is 0 Å². The summed E-state index contributed by atoms with van der Waals surface area (Å²) in [6, 6.07) is 2.88. The number of hydrogen-bond acceptors (Lipinski definition) is 5. The molecular formula is C11H16N2O4. The minimum Gasteiger partial charge on any atom is -0.504 e. The zero-order chi connectivity index (χ0) is 13.0. The molecule has 2 N–H and O–H groups in total. The van der Waals surface area contributed by atoms with E-state index in [9.17, 15) is 15.2 Å². The van der Waals surface area contributed by atoms with Gasteiger partial charge in [0.1, 0.15) is 0 Å². The Morgan fingerprint density at radius 2 is 2.18 bits per heavy atom. The summed E-state index contributed by atoms with van der Waals surface area (Å²) in [6.07, 6.45) is 0. The average Bonchev–Trinajstić information content (AvgIpc) is 2.26. The smallest absolute Gasteiger partial charge is 0.277 e. The van der Waals surface area contributed by atoms with E-state index in [1.165, 1.54) is 19.2 Å². The van der Waals surface area contributed by atoms with Crippen molar-refractivity contribution in [2.45, 2.75) is 26.4 Å².